The van der Waals surface area contributed by atoms with E-state index in [2.05, 4.69) is 20.9 Å². The molecule has 2 heterocycles. The molecule has 34 heavy (non-hydrogen) atoms. The van der Waals surface area contributed by atoms with Crippen LogP contribution in [0, 0.1) is 5.82 Å². The Hall–Kier alpha value is -4.47. The van der Waals surface area contributed by atoms with E-state index in [4.69, 9.17) is 4.52 Å². The summed E-state index contributed by atoms with van der Waals surface area (Å²) in [6, 6.07) is 13.3. The SMILES string of the molecule is O=C(Nc1ccc(O)c(-c2cc(C3CC3)n(C(=O)NCc3cccc(F)c3)n2)c1)c1ccno1. The van der Waals surface area contributed by atoms with E-state index in [0.717, 1.165) is 18.5 Å². The molecule has 1 saturated carbocycles. The number of halogens is 1. The Morgan fingerprint density at radius 3 is 2.74 bits per heavy atom. The highest BCUT2D eigenvalue weighted by Crippen LogP contribution is 2.42. The molecule has 0 atom stereocenters. The van der Waals surface area contributed by atoms with Crippen molar-refractivity contribution in [3.63, 3.8) is 0 Å². The van der Waals surface area contributed by atoms with Gasteiger partial charge in [-0.25, -0.2) is 9.18 Å². The van der Waals surface area contributed by atoms with Crippen molar-refractivity contribution in [2.75, 3.05) is 5.32 Å². The average molecular weight is 461 g/mol. The minimum Gasteiger partial charge on any atom is -0.507 e. The van der Waals surface area contributed by atoms with Gasteiger partial charge in [0.15, 0.2) is 0 Å². The number of anilines is 1. The van der Waals surface area contributed by atoms with Crippen LogP contribution in [0.4, 0.5) is 14.9 Å². The second-order valence-corrected chi connectivity index (χ2v) is 7.99. The lowest BCUT2D eigenvalue weighted by Crippen LogP contribution is -2.30. The van der Waals surface area contributed by atoms with Crippen molar-refractivity contribution in [1.82, 2.24) is 20.3 Å². The molecule has 4 aromatic rings. The molecule has 5 rings (SSSR count). The van der Waals surface area contributed by atoms with E-state index < -0.39 is 11.9 Å². The van der Waals surface area contributed by atoms with Gasteiger partial charge < -0.3 is 20.3 Å². The molecule has 3 N–H and O–H groups in total. The molecule has 172 valence electrons. The van der Waals surface area contributed by atoms with Crippen LogP contribution in [0.3, 0.4) is 0 Å². The van der Waals surface area contributed by atoms with E-state index in [9.17, 15) is 19.1 Å². The Bertz CT molecular complexity index is 1360. The number of benzene rings is 2. The summed E-state index contributed by atoms with van der Waals surface area (Å²) in [5, 5.41) is 23.8. The van der Waals surface area contributed by atoms with Gasteiger partial charge in [-0.1, -0.05) is 17.3 Å². The van der Waals surface area contributed by atoms with Crippen molar-refractivity contribution in [3.8, 4) is 17.0 Å². The molecule has 0 aliphatic heterocycles. The quantitative estimate of drug-likeness (QED) is 0.369. The fourth-order valence-electron chi connectivity index (χ4n) is 3.60. The zero-order chi connectivity index (χ0) is 23.7. The van der Waals surface area contributed by atoms with Crippen molar-refractivity contribution in [3.05, 3.63) is 83.6 Å². The van der Waals surface area contributed by atoms with Crippen molar-refractivity contribution < 1.29 is 23.6 Å². The van der Waals surface area contributed by atoms with Crippen molar-refractivity contribution >= 4 is 17.6 Å². The largest absolute Gasteiger partial charge is 0.507 e. The van der Waals surface area contributed by atoms with E-state index in [0.29, 0.717) is 22.5 Å². The number of nitrogens with zero attached hydrogens (tertiary/aromatic N) is 3. The van der Waals surface area contributed by atoms with Crippen LogP contribution in [-0.4, -0.2) is 32.0 Å². The molecule has 2 amide bonds. The van der Waals surface area contributed by atoms with Crippen LogP contribution in [0.1, 0.15) is 40.6 Å². The number of hydrogen-bond donors (Lipinski definition) is 3. The summed E-state index contributed by atoms with van der Waals surface area (Å²) in [4.78, 5) is 25.1. The zero-order valence-electron chi connectivity index (χ0n) is 17.9. The highest BCUT2D eigenvalue weighted by Gasteiger charge is 2.31. The topological polar surface area (TPSA) is 122 Å². The maximum Gasteiger partial charge on any atom is 0.342 e. The van der Waals surface area contributed by atoms with E-state index >= 15 is 0 Å². The van der Waals surface area contributed by atoms with Gasteiger partial charge in [0.25, 0.3) is 5.91 Å². The lowest BCUT2D eigenvalue weighted by atomic mass is 10.1. The second kappa shape index (κ2) is 8.81. The molecule has 0 unspecified atom stereocenters. The summed E-state index contributed by atoms with van der Waals surface area (Å²) in [6.07, 6.45) is 3.23. The minimum absolute atomic E-state index is 0.0462. The van der Waals surface area contributed by atoms with Gasteiger partial charge in [-0.2, -0.15) is 9.78 Å². The first-order valence-electron chi connectivity index (χ1n) is 10.7. The summed E-state index contributed by atoms with van der Waals surface area (Å²) in [5.41, 5.74) is 2.50. The summed E-state index contributed by atoms with van der Waals surface area (Å²) < 4.78 is 19.6. The molecular weight excluding hydrogens is 441 g/mol. The molecule has 1 aliphatic rings. The van der Waals surface area contributed by atoms with Gasteiger partial charge in [0.1, 0.15) is 11.6 Å². The summed E-state index contributed by atoms with van der Waals surface area (Å²) >= 11 is 0. The molecule has 0 saturated heterocycles. The third-order valence-corrected chi connectivity index (χ3v) is 5.45. The maximum absolute atomic E-state index is 13.4. The first kappa shape index (κ1) is 21.4. The van der Waals surface area contributed by atoms with Crippen LogP contribution in [0.2, 0.25) is 0 Å². The highest BCUT2D eigenvalue weighted by molar-refractivity contribution is 6.02. The lowest BCUT2D eigenvalue weighted by molar-refractivity contribution is 0.0988. The first-order valence-corrected chi connectivity index (χ1v) is 10.7. The van der Waals surface area contributed by atoms with Crippen LogP contribution in [0.25, 0.3) is 11.3 Å². The van der Waals surface area contributed by atoms with Gasteiger partial charge in [-0.05, 0) is 54.8 Å². The third kappa shape index (κ3) is 4.51. The predicted molar refractivity (Wildman–Crippen MR) is 120 cm³/mol. The van der Waals surface area contributed by atoms with Gasteiger partial charge in [0.2, 0.25) is 5.76 Å². The van der Waals surface area contributed by atoms with Gasteiger partial charge in [-0.15, -0.1) is 0 Å². The molecule has 10 heteroatoms. The fraction of sp³-hybridized carbons (Fsp3) is 0.167. The number of amides is 2. The summed E-state index contributed by atoms with van der Waals surface area (Å²) in [5.74, 6) is -0.681. The van der Waals surface area contributed by atoms with E-state index in [-0.39, 0.29) is 29.8 Å². The number of hydrogen-bond acceptors (Lipinski definition) is 6. The molecule has 0 spiro atoms. The number of aromatic nitrogens is 3. The number of carbonyl (C=O) groups is 2. The summed E-state index contributed by atoms with van der Waals surface area (Å²) in [7, 11) is 0. The second-order valence-electron chi connectivity index (χ2n) is 7.99. The zero-order valence-corrected chi connectivity index (χ0v) is 17.9. The van der Waals surface area contributed by atoms with E-state index in [1.54, 1.807) is 24.3 Å². The number of phenolic OH excluding ortho intramolecular Hbond substituents is 1. The predicted octanol–water partition coefficient (Wildman–Crippen LogP) is 4.27. The Kier molecular flexibility index (Phi) is 5.54. The molecule has 2 aromatic heterocycles. The van der Waals surface area contributed by atoms with Gasteiger partial charge in [0.05, 0.1) is 17.6 Å². The van der Waals surface area contributed by atoms with Gasteiger partial charge in [0, 0.05) is 29.8 Å². The normalized spacial score (nSPS) is 13.0. The maximum atomic E-state index is 13.4. The van der Waals surface area contributed by atoms with Crippen molar-refractivity contribution in [1.29, 1.82) is 0 Å². The van der Waals surface area contributed by atoms with E-state index in [1.807, 2.05) is 0 Å². The minimum atomic E-state index is -0.491. The monoisotopic (exact) mass is 461 g/mol. The molecule has 0 bridgehead atoms. The molecule has 1 fully saturated rings. The first-order chi connectivity index (χ1) is 16.5. The number of nitrogens with one attached hydrogen (secondary N) is 2. The number of phenols is 1. The third-order valence-electron chi connectivity index (χ3n) is 5.45. The Balaban J connectivity index is 1.39. The van der Waals surface area contributed by atoms with Crippen LogP contribution in [-0.2, 0) is 6.54 Å². The number of aromatic hydroxyl groups is 1. The van der Waals surface area contributed by atoms with E-state index in [1.165, 1.54) is 41.2 Å². The standard InChI is InChI=1S/C24H20FN5O4/c25-16-3-1-2-14(10-16)13-26-24(33)30-20(15-4-5-15)12-19(29-30)18-11-17(6-7-21(18)31)28-23(32)22-8-9-27-34-22/h1-3,6-12,15,31H,4-5,13H2,(H,26,33)(H,28,32). The van der Waals surface area contributed by atoms with Crippen molar-refractivity contribution in [2.24, 2.45) is 0 Å². The smallest absolute Gasteiger partial charge is 0.342 e. The summed E-state index contributed by atoms with van der Waals surface area (Å²) in [6.45, 7) is 0.143. The van der Waals surface area contributed by atoms with Crippen LogP contribution in [0.5, 0.6) is 5.75 Å². The Labute approximate surface area is 193 Å². The van der Waals surface area contributed by atoms with Gasteiger partial charge in [-0.3, -0.25) is 4.79 Å². The van der Waals surface area contributed by atoms with Gasteiger partial charge >= 0.3 is 6.03 Å². The van der Waals surface area contributed by atoms with Crippen molar-refractivity contribution in [2.45, 2.75) is 25.3 Å². The molecule has 0 radical (unpaired) electrons. The van der Waals surface area contributed by atoms with Crippen LogP contribution < -0.4 is 10.6 Å². The fourth-order valence-corrected chi connectivity index (χ4v) is 3.60. The molecule has 9 nitrogen and oxygen atoms in total. The number of carbonyl (C=O) groups excluding carboxylic acids is 2. The highest BCUT2D eigenvalue weighted by atomic mass is 19.1. The Morgan fingerprint density at radius 1 is 1.15 bits per heavy atom. The molecule has 1 aliphatic carbocycles. The van der Waals surface area contributed by atoms with Crippen LogP contribution in [0.15, 0.2) is 65.3 Å². The molecule has 2 aromatic carbocycles. The number of rotatable bonds is 6. The lowest BCUT2D eigenvalue weighted by Gasteiger charge is -2.08. The van der Waals surface area contributed by atoms with Crippen LogP contribution >= 0.6 is 0 Å². The Morgan fingerprint density at radius 2 is 2.00 bits per heavy atom. The average Bonchev–Trinajstić information content (AvgIpc) is 3.33. The molecular formula is C24H20FN5O4.